The van der Waals surface area contributed by atoms with E-state index in [2.05, 4.69) is 40.9 Å². The van der Waals surface area contributed by atoms with Crippen LogP contribution in [0.25, 0.3) is 6.08 Å². The lowest BCUT2D eigenvalue weighted by Crippen LogP contribution is -2.01. The molecule has 0 atom stereocenters. The van der Waals surface area contributed by atoms with E-state index in [0.29, 0.717) is 0 Å². The van der Waals surface area contributed by atoms with Gasteiger partial charge >= 0.3 is 0 Å². The number of rotatable bonds is 3. The first-order chi connectivity index (χ1) is 9.33. The highest BCUT2D eigenvalue weighted by atomic mass is 15.3. The number of hydrogen-bond donors (Lipinski definition) is 1. The first-order valence-corrected chi connectivity index (χ1v) is 6.47. The molecule has 0 aromatic heterocycles. The topological polar surface area (TPSA) is 24.4 Å². The van der Waals surface area contributed by atoms with E-state index in [1.165, 1.54) is 16.7 Å². The normalized spacial score (nSPS) is 13.9. The summed E-state index contributed by atoms with van der Waals surface area (Å²) in [7, 11) is 0. The smallest absolute Gasteiger partial charge is 0.0611 e. The predicted octanol–water partition coefficient (Wildman–Crippen LogP) is 4.11. The number of nitrogens with one attached hydrogen (secondary N) is 1. The molecule has 0 fully saturated rings. The summed E-state index contributed by atoms with van der Waals surface area (Å²) in [6.07, 6.45) is 3.20. The molecule has 0 saturated heterocycles. The van der Waals surface area contributed by atoms with Crippen LogP contribution in [-0.4, -0.2) is 5.71 Å². The van der Waals surface area contributed by atoms with Gasteiger partial charge in [0.1, 0.15) is 0 Å². The van der Waals surface area contributed by atoms with Crippen LogP contribution in [0.15, 0.2) is 65.3 Å². The molecule has 2 aromatic rings. The molecule has 19 heavy (non-hydrogen) atoms. The predicted molar refractivity (Wildman–Crippen MR) is 81.3 cm³/mol. The molecule has 0 heterocycles. The van der Waals surface area contributed by atoms with Gasteiger partial charge in [-0.1, -0.05) is 42.5 Å². The van der Waals surface area contributed by atoms with Crippen molar-refractivity contribution < 1.29 is 0 Å². The Morgan fingerprint density at radius 3 is 2.53 bits per heavy atom. The zero-order valence-corrected chi connectivity index (χ0v) is 10.9. The van der Waals surface area contributed by atoms with E-state index in [-0.39, 0.29) is 0 Å². The fourth-order valence-corrected chi connectivity index (χ4v) is 2.25. The molecular weight excluding hydrogens is 232 g/mol. The number of nitrogens with zero attached hydrogens (tertiary/aromatic N) is 1. The summed E-state index contributed by atoms with van der Waals surface area (Å²) < 4.78 is 0. The average Bonchev–Trinajstić information content (AvgIpc) is 2.90. The van der Waals surface area contributed by atoms with Crippen molar-refractivity contribution in [2.24, 2.45) is 5.10 Å². The van der Waals surface area contributed by atoms with E-state index in [1.54, 1.807) is 0 Å². The lowest BCUT2D eigenvalue weighted by molar-refractivity contribution is 1.24. The summed E-state index contributed by atoms with van der Waals surface area (Å²) in [5.41, 5.74) is 9.12. The van der Waals surface area contributed by atoms with Gasteiger partial charge in [-0.25, -0.2) is 0 Å². The van der Waals surface area contributed by atoms with Crippen molar-refractivity contribution in [3.05, 3.63) is 71.3 Å². The standard InChI is InChI=1S/C17H16N2/c1-13(18-19-17-9-3-2-4-10-17)16-11-14-7-5-6-8-15(14)12-16/h2-11,19H,12H2,1H3. The van der Waals surface area contributed by atoms with Crippen molar-refractivity contribution in [1.82, 2.24) is 0 Å². The van der Waals surface area contributed by atoms with E-state index in [0.717, 1.165) is 17.8 Å². The molecule has 2 aromatic carbocycles. The minimum atomic E-state index is 0.974. The molecular formula is C17H16N2. The van der Waals surface area contributed by atoms with Crippen LogP contribution in [0, 0.1) is 0 Å². The van der Waals surface area contributed by atoms with Crippen LogP contribution in [0.4, 0.5) is 5.69 Å². The second-order valence-electron chi connectivity index (χ2n) is 4.72. The zero-order valence-electron chi connectivity index (χ0n) is 10.9. The highest BCUT2D eigenvalue weighted by Gasteiger charge is 2.13. The Morgan fingerprint density at radius 2 is 1.74 bits per heavy atom. The van der Waals surface area contributed by atoms with Gasteiger partial charge in [-0.2, -0.15) is 5.10 Å². The van der Waals surface area contributed by atoms with Crippen molar-refractivity contribution >= 4 is 17.5 Å². The van der Waals surface area contributed by atoms with Crippen molar-refractivity contribution in [2.45, 2.75) is 13.3 Å². The molecule has 0 aliphatic heterocycles. The highest BCUT2D eigenvalue weighted by Crippen LogP contribution is 2.25. The van der Waals surface area contributed by atoms with Gasteiger partial charge in [-0.3, -0.25) is 5.43 Å². The van der Waals surface area contributed by atoms with Gasteiger partial charge in [0.15, 0.2) is 0 Å². The fourth-order valence-electron chi connectivity index (χ4n) is 2.25. The van der Waals surface area contributed by atoms with Crippen LogP contribution in [0.5, 0.6) is 0 Å². The van der Waals surface area contributed by atoms with Crippen molar-refractivity contribution in [1.29, 1.82) is 0 Å². The molecule has 1 aliphatic carbocycles. The third-order valence-electron chi connectivity index (χ3n) is 3.36. The summed E-state index contributed by atoms with van der Waals surface area (Å²) >= 11 is 0. The number of para-hydroxylation sites is 1. The molecule has 0 bridgehead atoms. The fraction of sp³-hybridized carbons (Fsp3) is 0.118. The van der Waals surface area contributed by atoms with Gasteiger partial charge in [0.05, 0.1) is 11.4 Å². The molecule has 0 radical (unpaired) electrons. The molecule has 0 saturated carbocycles. The number of benzene rings is 2. The second kappa shape index (κ2) is 5.11. The summed E-state index contributed by atoms with van der Waals surface area (Å²) in [6.45, 7) is 2.05. The molecule has 1 N–H and O–H groups in total. The van der Waals surface area contributed by atoms with Gasteiger partial charge in [0, 0.05) is 0 Å². The van der Waals surface area contributed by atoms with Gasteiger partial charge in [-0.05, 0) is 48.3 Å². The van der Waals surface area contributed by atoms with Gasteiger partial charge in [-0.15, -0.1) is 0 Å². The van der Waals surface area contributed by atoms with Crippen molar-refractivity contribution in [2.75, 3.05) is 5.43 Å². The largest absolute Gasteiger partial charge is 0.278 e. The van der Waals surface area contributed by atoms with Crippen LogP contribution < -0.4 is 5.43 Å². The molecule has 94 valence electrons. The molecule has 3 rings (SSSR count). The SMILES string of the molecule is CC(=NNc1ccccc1)C1=Cc2ccccc2C1. The number of anilines is 1. The summed E-state index contributed by atoms with van der Waals surface area (Å²) in [6, 6.07) is 18.5. The minimum absolute atomic E-state index is 0.974. The molecule has 0 unspecified atom stereocenters. The number of fused-ring (bicyclic) bond motifs is 1. The third-order valence-corrected chi connectivity index (χ3v) is 3.36. The lowest BCUT2D eigenvalue weighted by Gasteiger charge is -2.04. The Balaban J connectivity index is 1.74. The van der Waals surface area contributed by atoms with Crippen LogP contribution in [0.1, 0.15) is 18.1 Å². The maximum Gasteiger partial charge on any atom is 0.0611 e. The van der Waals surface area contributed by atoms with Crippen LogP contribution in [0.2, 0.25) is 0 Å². The maximum absolute atomic E-state index is 4.46. The molecule has 0 spiro atoms. The molecule has 2 heteroatoms. The minimum Gasteiger partial charge on any atom is -0.278 e. The van der Waals surface area contributed by atoms with E-state index in [9.17, 15) is 0 Å². The Bertz CT molecular complexity index is 639. The highest BCUT2D eigenvalue weighted by molar-refractivity contribution is 6.04. The van der Waals surface area contributed by atoms with Gasteiger partial charge in [0.2, 0.25) is 0 Å². The van der Waals surface area contributed by atoms with Crippen molar-refractivity contribution in [3.63, 3.8) is 0 Å². The Labute approximate surface area is 113 Å². The quantitative estimate of drug-likeness (QED) is 0.641. The van der Waals surface area contributed by atoms with Crippen LogP contribution in [0.3, 0.4) is 0 Å². The zero-order chi connectivity index (χ0) is 13.1. The molecule has 2 nitrogen and oxygen atoms in total. The third kappa shape index (κ3) is 2.58. The molecule has 0 amide bonds. The first-order valence-electron chi connectivity index (χ1n) is 6.47. The van der Waals surface area contributed by atoms with Crippen LogP contribution >= 0.6 is 0 Å². The average molecular weight is 248 g/mol. The maximum atomic E-state index is 4.46. The Kier molecular flexibility index (Phi) is 3.15. The Hall–Kier alpha value is -2.35. The Morgan fingerprint density at radius 1 is 1.00 bits per heavy atom. The molecule has 1 aliphatic rings. The van der Waals surface area contributed by atoms with E-state index in [1.807, 2.05) is 37.3 Å². The van der Waals surface area contributed by atoms with E-state index >= 15 is 0 Å². The second-order valence-corrected chi connectivity index (χ2v) is 4.72. The summed E-state index contributed by atoms with van der Waals surface area (Å²) in [5.74, 6) is 0. The first kappa shape index (κ1) is 11.7. The van der Waals surface area contributed by atoms with E-state index < -0.39 is 0 Å². The van der Waals surface area contributed by atoms with E-state index in [4.69, 9.17) is 0 Å². The van der Waals surface area contributed by atoms with Gasteiger partial charge in [0.25, 0.3) is 0 Å². The number of allylic oxidation sites excluding steroid dienone is 1. The number of hydrogen-bond acceptors (Lipinski definition) is 2. The lowest BCUT2D eigenvalue weighted by atomic mass is 10.1. The van der Waals surface area contributed by atoms with Crippen molar-refractivity contribution in [3.8, 4) is 0 Å². The van der Waals surface area contributed by atoms with Gasteiger partial charge < -0.3 is 0 Å². The number of hydrazone groups is 1. The monoisotopic (exact) mass is 248 g/mol. The summed E-state index contributed by atoms with van der Waals surface area (Å²) in [4.78, 5) is 0. The van der Waals surface area contributed by atoms with Crippen LogP contribution in [-0.2, 0) is 6.42 Å². The summed E-state index contributed by atoms with van der Waals surface area (Å²) in [5, 5.41) is 4.46.